The fraction of sp³-hybridized carbons (Fsp3) is 0.150. The highest BCUT2D eigenvalue weighted by atomic mass is 19.1. The summed E-state index contributed by atoms with van der Waals surface area (Å²) in [4.78, 5) is 23.2. The summed E-state index contributed by atoms with van der Waals surface area (Å²) in [6.07, 6.45) is 3.61. The fourth-order valence-corrected chi connectivity index (χ4v) is 2.67. The smallest absolute Gasteiger partial charge is 0.319 e. The van der Waals surface area contributed by atoms with Gasteiger partial charge in [0, 0.05) is 31.5 Å². The summed E-state index contributed by atoms with van der Waals surface area (Å²) >= 11 is 0. The van der Waals surface area contributed by atoms with Crippen LogP contribution in [0.3, 0.4) is 0 Å². The van der Waals surface area contributed by atoms with Gasteiger partial charge < -0.3 is 16.0 Å². The number of urea groups is 1. The van der Waals surface area contributed by atoms with Crippen LogP contribution >= 0.6 is 0 Å². The third kappa shape index (κ3) is 5.41. The van der Waals surface area contributed by atoms with Crippen molar-refractivity contribution in [3.05, 3.63) is 77.9 Å². The Balaban J connectivity index is 1.56. The van der Waals surface area contributed by atoms with E-state index in [1.807, 2.05) is 41.2 Å². The minimum atomic E-state index is -0.574. The van der Waals surface area contributed by atoms with E-state index in [4.69, 9.17) is 0 Å². The van der Waals surface area contributed by atoms with E-state index in [2.05, 4.69) is 21.0 Å². The number of carbonyl (C=O) groups is 2. The van der Waals surface area contributed by atoms with Gasteiger partial charge in [0.15, 0.2) is 0 Å². The van der Waals surface area contributed by atoms with E-state index in [0.29, 0.717) is 18.8 Å². The highest BCUT2D eigenvalue weighted by Gasteiger charge is 2.08. The van der Waals surface area contributed by atoms with Crippen molar-refractivity contribution in [2.24, 2.45) is 0 Å². The Morgan fingerprint density at radius 1 is 1.07 bits per heavy atom. The molecule has 3 N–H and O–H groups in total. The van der Waals surface area contributed by atoms with Crippen molar-refractivity contribution in [3.63, 3.8) is 0 Å². The van der Waals surface area contributed by atoms with Crippen LogP contribution in [-0.2, 0) is 17.9 Å². The van der Waals surface area contributed by atoms with Gasteiger partial charge in [-0.3, -0.25) is 9.48 Å². The first-order valence-electron chi connectivity index (χ1n) is 8.67. The van der Waals surface area contributed by atoms with Crippen molar-refractivity contribution in [2.45, 2.75) is 20.0 Å². The predicted molar refractivity (Wildman–Crippen MR) is 104 cm³/mol. The van der Waals surface area contributed by atoms with Crippen LogP contribution < -0.4 is 16.0 Å². The van der Waals surface area contributed by atoms with Gasteiger partial charge in [-0.05, 0) is 35.4 Å². The zero-order chi connectivity index (χ0) is 19.9. The highest BCUT2D eigenvalue weighted by molar-refractivity contribution is 5.92. The second-order valence-corrected chi connectivity index (χ2v) is 6.21. The normalized spacial score (nSPS) is 10.4. The lowest BCUT2D eigenvalue weighted by atomic mass is 10.1. The first-order chi connectivity index (χ1) is 13.5. The Kier molecular flexibility index (Phi) is 6.01. The number of benzene rings is 2. The van der Waals surface area contributed by atoms with Crippen molar-refractivity contribution in [3.8, 4) is 0 Å². The summed E-state index contributed by atoms with van der Waals surface area (Å²) in [6, 6.07) is 13.2. The van der Waals surface area contributed by atoms with Gasteiger partial charge >= 0.3 is 6.03 Å². The van der Waals surface area contributed by atoms with Crippen molar-refractivity contribution in [1.82, 2.24) is 15.1 Å². The molecule has 144 valence electrons. The summed E-state index contributed by atoms with van der Waals surface area (Å²) in [7, 11) is 0. The quantitative estimate of drug-likeness (QED) is 0.612. The lowest BCUT2D eigenvalue weighted by Crippen LogP contribution is -2.28. The number of rotatable bonds is 6. The average molecular weight is 381 g/mol. The maximum Gasteiger partial charge on any atom is 0.319 e. The van der Waals surface area contributed by atoms with Gasteiger partial charge in [-0.1, -0.05) is 24.3 Å². The molecule has 28 heavy (non-hydrogen) atoms. The summed E-state index contributed by atoms with van der Waals surface area (Å²) in [5.41, 5.74) is 2.39. The van der Waals surface area contributed by atoms with Crippen LogP contribution in [0.1, 0.15) is 18.1 Å². The van der Waals surface area contributed by atoms with Crippen LogP contribution in [0.25, 0.3) is 0 Å². The van der Waals surface area contributed by atoms with E-state index in [9.17, 15) is 14.0 Å². The second-order valence-electron chi connectivity index (χ2n) is 6.21. The van der Waals surface area contributed by atoms with Crippen molar-refractivity contribution < 1.29 is 14.0 Å². The zero-order valence-electron chi connectivity index (χ0n) is 15.3. The third-order valence-electron chi connectivity index (χ3n) is 3.88. The zero-order valence-corrected chi connectivity index (χ0v) is 15.3. The number of carbonyl (C=O) groups excluding carboxylic acids is 2. The second kappa shape index (κ2) is 8.81. The topological polar surface area (TPSA) is 88.0 Å². The molecule has 0 saturated carbocycles. The fourth-order valence-electron chi connectivity index (χ4n) is 2.67. The number of anilines is 2. The van der Waals surface area contributed by atoms with E-state index in [1.54, 1.807) is 6.20 Å². The van der Waals surface area contributed by atoms with Gasteiger partial charge in [0.25, 0.3) is 0 Å². The van der Waals surface area contributed by atoms with Gasteiger partial charge in [-0.2, -0.15) is 5.10 Å². The molecule has 7 nitrogen and oxygen atoms in total. The molecule has 0 aliphatic carbocycles. The molecule has 0 atom stereocenters. The Hall–Kier alpha value is -3.68. The van der Waals surface area contributed by atoms with Crippen molar-refractivity contribution >= 4 is 23.3 Å². The van der Waals surface area contributed by atoms with Crippen LogP contribution in [0.2, 0.25) is 0 Å². The Labute approximate surface area is 161 Å². The third-order valence-corrected chi connectivity index (χ3v) is 3.88. The van der Waals surface area contributed by atoms with Gasteiger partial charge in [0.2, 0.25) is 5.91 Å². The molecule has 8 heteroatoms. The largest absolute Gasteiger partial charge is 0.334 e. The van der Waals surface area contributed by atoms with Crippen LogP contribution in [0.4, 0.5) is 20.6 Å². The number of hydrogen-bond acceptors (Lipinski definition) is 3. The summed E-state index contributed by atoms with van der Waals surface area (Å²) in [5, 5.41) is 11.9. The van der Waals surface area contributed by atoms with Crippen LogP contribution in [-0.4, -0.2) is 21.7 Å². The summed E-state index contributed by atoms with van der Waals surface area (Å²) in [6.45, 7) is 2.26. The molecule has 3 amide bonds. The van der Waals surface area contributed by atoms with Crippen molar-refractivity contribution in [1.29, 1.82) is 0 Å². The molecule has 0 fully saturated rings. The number of nitrogens with one attached hydrogen (secondary N) is 3. The highest BCUT2D eigenvalue weighted by Crippen LogP contribution is 2.19. The standard InChI is InChI=1S/C20H20FN5O2/c1-14(27)24-19-11-17(6-7-18(19)21)25-20(28)22-12-15-4-2-5-16(10-15)13-26-9-3-8-23-26/h2-11H,12-13H2,1H3,(H,24,27)(H2,22,25,28). The number of amides is 3. The molecule has 2 aromatic carbocycles. The monoisotopic (exact) mass is 381 g/mol. The van der Waals surface area contributed by atoms with Gasteiger partial charge in [0.05, 0.1) is 12.2 Å². The minimum Gasteiger partial charge on any atom is -0.334 e. The summed E-state index contributed by atoms with van der Waals surface area (Å²) < 4.78 is 15.5. The van der Waals surface area contributed by atoms with Gasteiger partial charge in [-0.15, -0.1) is 0 Å². The van der Waals surface area contributed by atoms with Gasteiger partial charge in [-0.25, -0.2) is 9.18 Å². The molecule has 0 aliphatic rings. The number of hydrogen-bond donors (Lipinski definition) is 3. The molecule has 3 aromatic rings. The first kappa shape index (κ1) is 19.1. The van der Waals surface area contributed by atoms with Crippen molar-refractivity contribution in [2.75, 3.05) is 10.6 Å². The molecular weight excluding hydrogens is 361 g/mol. The molecule has 0 radical (unpaired) electrons. The maximum absolute atomic E-state index is 13.7. The SMILES string of the molecule is CC(=O)Nc1cc(NC(=O)NCc2cccc(Cn3cccn3)c2)ccc1F. The lowest BCUT2D eigenvalue weighted by Gasteiger charge is -2.11. The van der Waals surface area contributed by atoms with Gasteiger partial charge in [0.1, 0.15) is 5.82 Å². The molecule has 0 bridgehead atoms. The van der Waals surface area contributed by atoms with Crippen LogP contribution in [0.15, 0.2) is 60.9 Å². The van der Waals surface area contributed by atoms with E-state index < -0.39 is 17.8 Å². The average Bonchev–Trinajstić information content (AvgIpc) is 3.16. The number of nitrogens with zero attached hydrogens (tertiary/aromatic N) is 2. The van der Waals surface area contributed by atoms with E-state index in [1.165, 1.54) is 25.1 Å². The molecule has 3 rings (SSSR count). The molecule has 1 heterocycles. The maximum atomic E-state index is 13.7. The van der Waals surface area contributed by atoms with Crippen LogP contribution in [0.5, 0.6) is 0 Å². The molecule has 0 aliphatic heterocycles. The summed E-state index contributed by atoms with van der Waals surface area (Å²) in [5.74, 6) is -0.967. The number of aromatic nitrogens is 2. The molecule has 0 saturated heterocycles. The molecular formula is C20H20FN5O2. The van der Waals surface area contributed by atoms with E-state index in [0.717, 1.165) is 11.1 Å². The molecule has 1 aromatic heterocycles. The predicted octanol–water partition coefficient (Wildman–Crippen LogP) is 3.35. The minimum absolute atomic E-state index is 0.0108. The number of halogens is 1. The van der Waals surface area contributed by atoms with E-state index in [-0.39, 0.29) is 5.69 Å². The Bertz CT molecular complexity index is 972. The lowest BCUT2D eigenvalue weighted by molar-refractivity contribution is -0.114. The van der Waals surface area contributed by atoms with E-state index >= 15 is 0 Å². The molecule has 0 unspecified atom stereocenters. The first-order valence-corrected chi connectivity index (χ1v) is 8.67. The van der Waals surface area contributed by atoms with Crippen LogP contribution in [0, 0.1) is 5.82 Å². The molecule has 0 spiro atoms. The Morgan fingerprint density at radius 3 is 2.64 bits per heavy atom. The Morgan fingerprint density at radius 2 is 1.89 bits per heavy atom.